The van der Waals surface area contributed by atoms with Crippen LogP contribution in [0.4, 0.5) is 0 Å². The molecule has 0 aromatic heterocycles. The Morgan fingerprint density at radius 3 is 0.689 bits per heavy atom. The first-order valence-corrected chi connectivity index (χ1v) is 21.6. The van der Waals surface area contributed by atoms with Crippen LogP contribution in [0.3, 0.4) is 0 Å². The molecule has 8 rings (SSSR count). The molecule has 0 fully saturated rings. The van der Waals surface area contributed by atoms with Crippen LogP contribution >= 0.6 is 0 Å². The molecule has 0 radical (unpaired) electrons. The first-order chi connectivity index (χ1) is 29.0. The molecule has 0 saturated carbocycles. The lowest BCUT2D eigenvalue weighted by Gasteiger charge is -2.21. The molecule has 8 aromatic rings. The predicted octanol–water partition coefficient (Wildman–Crippen LogP) is 16.8. The minimum Gasteiger partial charge on any atom is -0.508 e. The van der Waals surface area contributed by atoms with Crippen molar-refractivity contribution in [2.75, 3.05) is 0 Å². The average molecular weight is 795 g/mol. The van der Waals surface area contributed by atoms with Gasteiger partial charge in [0, 0.05) is 0 Å². The van der Waals surface area contributed by atoms with Gasteiger partial charge in [-0.25, -0.2) is 0 Å². The average Bonchev–Trinajstić information content (AvgIpc) is 3.21. The van der Waals surface area contributed by atoms with Gasteiger partial charge in [-0.15, -0.1) is 0 Å². The zero-order valence-corrected chi connectivity index (χ0v) is 37.8. The Morgan fingerprint density at radius 1 is 0.262 bits per heavy atom. The molecule has 61 heavy (non-hydrogen) atoms. The summed E-state index contributed by atoms with van der Waals surface area (Å²) in [6.45, 7) is 24.3. The molecule has 304 valence electrons. The Morgan fingerprint density at radius 2 is 0.475 bits per heavy atom. The molecule has 0 aliphatic rings. The summed E-state index contributed by atoms with van der Waals surface area (Å²) >= 11 is 0. The van der Waals surface area contributed by atoms with Gasteiger partial charge in [-0.2, -0.15) is 0 Å². The highest BCUT2D eigenvalue weighted by Gasteiger charge is 2.17. The van der Waals surface area contributed by atoms with E-state index in [0.717, 1.165) is 11.1 Å². The number of phenols is 1. The minimum absolute atomic E-state index is 0.141. The second-order valence-electron chi connectivity index (χ2n) is 18.5. The van der Waals surface area contributed by atoms with Gasteiger partial charge < -0.3 is 5.11 Å². The first-order valence-electron chi connectivity index (χ1n) is 21.6. The van der Waals surface area contributed by atoms with Crippen molar-refractivity contribution >= 4 is 0 Å². The number of benzene rings is 8. The van der Waals surface area contributed by atoms with Crippen LogP contribution in [0.2, 0.25) is 0 Å². The van der Waals surface area contributed by atoms with Gasteiger partial charge in [-0.3, -0.25) is 0 Å². The molecule has 0 heterocycles. The van der Waals surface area contributed by atoms with Gasteiger partial charge >= 0.3 is 0 Å². The van der Waals surface area contributed by atoms with Gasteiger partial charge in [-0.1, -0.05) is 154 Å². The van der Waals surface area contributed by atoms with Crippen molar-refractivity contribution < 1.29 is 5.11 Å². The molecule has 0 amide bonds. The zero-order valence-electron chi connectivity index (χ0n) is 37.8. The Bertz CT molecular complexity index is 2990. The first kappa shape index (κ1) is 41.3. The van der Waals surface area contributed by atoms with Crippen LogP contribution in [-0.2, 0) is 5.41 Å². The van der Waals surface area contributed by atoms with Gasteiger partial charge in [0.1, 0.15) is 5.75 Å². The van der Waals surface area contributed by atoms with E-state index in [9.17, 15) is 5.11 Å². The van der Waals surface area contributed by atoms with E-state index < -0.39 is 0 Å². The van der Waals surface area contributed by atoms with E-state index in [1.807, 2.05) is 13.0 Å². The van der Waals surface area contributed by atoms with Crippen LogP contribution < -0.4 is 0 Å². The van der Waals surface area contributed by atoms with E-state index in [0.29, 0.717) is 5.75 Å². The fourth-order valence-corrected chi connectivity index (χ4v) is 9.21. The molecular weight excluding hydrogens is 737 g/mol. The second kappa shape index (κ2) is 16.2. The number of rotatable bonds is 7. The fourth-order valence-electron chi connectivity index (χ4n) is 9.21. The van der Waals surface area contributed by atoms with E-state index in [1.165, 1.54) is 117 Å². The number of aromatic hydroxyl groups is 1. The third-order valence-corrected chi connectivity index (χ3v) is 12.8. The Labute approximate surface area is 364 Å². The number of aryl methyl sites for hydroxylation is 8. The highest BCUT2D eigenvalue weighted by Crippen LogP contribution is 2.38. The molecule has 1 N–H and O–H groups in total. The summed E-state index contributed by atoms with van der Waals surface area (Å²) in [4.78, 5) is 0. The van der Waals surface area contributed by atoms with E-state index >= 15 is 0 Å². The van der Waals surface area contributed by atoms with Crippen molar-refractivity contribution in [1.29, 1.82) is 0 Å². The lowest BCUT2D eigenvalue weighted by Crippen LogP contribution is -2.11. The Balaban J connectivity index is 0.992. The molecule has 0 aliphatic heterocycles. The van der Waals surface area contributed by atoms with Crippen molar-refractivity contribution in [2.24, 2.45) is 0 Å². The summed E-state index contributed by atoms with van der Waals surface area (Å²) in [5, 5.41) is 10.0. The summed E-state index contributed by atoms with van der Waals surface area (Å²) in [5.41, 5.74) is 28.7. The quantitative estimate of drug-likeness (QED) is 0.170. The third-order valence-electron chi connectivity index (χ3n) is 12.8. The van der Waals surface area contributed by atoms with Gasteiger partial charge in [0.2, 0.25) is 0 Å². The lowest BCUT2D eigenvalue weighted by molar-refractivity contribution is 0.471. The fraction of sp³-hybridized carbons (Fsp3) is 0.200. The van der Waals surface area contributed by atoms with Gasteiger partial charge in [0.15, 0.2) is 0 Å². The van der Waals surface area contributed by atoms with Crippen LogP contribution in [0.1, 0.15) is 70.8 Å². The minimum atomic E-state index is 0.141. The van der Waals surface area contributed by atoms with Crippen LogP contribution in [0.25, 0.3) is 77.9 Å². The number of hydrogen-bond acceptors (Lipinski definition) is 1. The highest BCUT2D eigenvalue weighted by molar-refractivity contribution is 5.83. The van der Waals surface area contributed by atoms with Gasteiger partial charge in [0.05, 0.1) is 0 Å². The van der Waals surface area contributed by atoms with Crippen LogP contribution in [0, 0.1) is 55.4 Å². The molecule has 1 heteroatoms. The van der Waals surface area contributed by atoms with Crippen molar-refractivity contribution in [3.63, 3.8) is 0 Å². The second-order valence-corrected chi connectivity index (χ2v) is 18.5. The maximum atomic E-state index is 10.0. The molecule has 0 aliphatic carbocycles. The molecule has 1 nitrogen and oxygen atoms in total. The smallest absolute Gasteiger partial charge is 0.118 e. The third kappa shape index (κ3) is 8.23. The molecule has 0 saturated heterocycles. The highest BCUT2D eigenvalue weighted by atomic mass is 16.3. The predicted molar refractivity (Wildman–Crippen MR) is 263 cm³/mol. The maximum Gasteiger partial charge on any atom is 0.118 e. The van der Waals surface area contributed by atoms with Crippen LogP contribution in [-0.4, -0.2) is 5.11 Å². The molecule has 0 spiro atoms. The van der Waals surface area contributed by atoms with Crippen molar-refractivity contribution in [1.82, 2.24) is 0 Å². The summed E-state index contributed by atoms with van der Waals surface area (Å²) in [5.74, 6) is 0.331. The normalized spacial score (nSPS) is 11.6. The summed E-state index contributed by atoms with van der Waals surface area (Å²) in [6.07, 6.45) is 0. The standard InChI is InChI=1S/C60H58O/c1-36-29-45(54-22-15-47(31-38(54)3)56-24-17-49(33-40(56)5)58-26-19-51(35-42(58)7)60(9,10)11)13-20-52(36)44-12-21-53(37(2)28-44)46-14-23-55(39(4)30-46)48-16-25-57(41(6)32-48)50-18-27-59(61)43(8)34-50/h12-35,61H,1-11H3. The summed E-state index contributed by atoms with van der Waals surface area (Å²) in [6, 6.07) is 53.9. The van der Waals surface area contributed by atoms with E-state index in [2.05, 4.69) is 203 Å². The van der Waals surface area contributed by atoms with E-state index in [-0.39, 0.29) is 5.41 Å². The molecule has 0 unspecified atom stereocenters. The van der Waals surface area contributed by atoms with Gasteiger partial charge in [0.25, 0.3) is 0 Å². The van der Waals surface area contributed by atoms with Crippen LogP contribution in [0.5, 0.6) is 5.75 Å². The lowest BCUT2D eigenvalue weighted by atomic mass is 9.84. The van der Waals surface area contributed by atoms with Crippen molar-refractivity contribution in [3.05, 3.63) is 196 Å². The maximum absolute atomic E-state index is 10.0. The Kier molecular flexibility index (Phi) is 11.0. The largest absolute Gasteiger partial charge is 0.508 e. The van der Waals surface area contributed by atoms with Crippen molar-refractivity contribution in [3.8, 4) is 83.6 Å². The van der Waals surface area contributed by atoms with Crippen LogP contribution in [0.15, 0.2) is 146 Å². The van der Waals surface area contributed by atoms with E-state index in [1.54, 1.807) is 6.07 Å². The Hall–Kier alpha value is -6.44. The number of hydrogen-bond donors (Lipinski definition) is 1. The SMILES string of the molecule is Cc1cc(-c2ccc(-c3ccc(-c4ccc(-c5ccc(-c6ccc(-c7ccc(-c8ccc(C(C)(C)C)cc8C)cc7C)cc6C)cc5C)cc4C)cc3C)cc2C)ccc1O. The van der Waals surface area contributed by atoms with Crippen molar-refractivity contribution in [2.45, 2.75) is 81.6 Å². The van der Waals surface area contributed by atoms with Gasteiger partial charge in [-0.05, 0) is 201 Å². The summed E-state index contributed by atoms with van der Waals surface area (Å²) in [7, 11) is 0. The molecule has 0 bridgehead atoms. The molecule has 0 atom stereocenters. The molecular formula is C60H58O. The molecule has 8 aromatic carbocycles. The monoisotopic (exact) mass is 794 g/mol. The topological polar surface area (TPSA) is 20.2 Å². The number of phenolic OH excluding ortho intramolecular Hbond substituents is 1. The zero-order chi connectivity index (χ0) is 43.3. The van der Waals surface area contributed by atoms with E-state index in [4.69, 9.17) is 0 Å². The summed E-state index contributed by atoms with van der Waals surface area (Å²) < 4.78 is 0.